The Balaban J connectivity index is 1.54. The van der Waals surface area contributed by atoms with Crippen LogP contribution in [-0.4, -0.2) is 38.3 Å². The van der Waals surface area contributed by atoms with Gasteiger partial charge in [0.1, 0.15) is 0 Å². The quantitative estimate of drug-likeness (QED) is 0.702. The molecule has 2 aromatic heterocycles. The topological polar surface area (TPSA) is 71.0 Å². The fourth-order valence-electron chi connectivity index (χ4n) is 3.81. The maximum absolute atomic E-state index is 12.8. The maximum Gasteiger partial charge on any atom is 0.202 e. The van der Waals surface area contributed by atoms with Crippen LogP contribution in [0.4, 0.5) is 0 Å². The van der Waals surface area contributed by atoms with Crippen molar-refractivity contribution in [1.82, 2.24) is 19.4 Å². The number of carbonyl (C=O) groups is 1. The molecule has 3 aromatic rings. The molecule has 1 fully saturated rings. The normalized spacial score (nSPS) is 18.1. The Hall–Kier alpha value is -2.44. The molecular formula is C20H21ClN4O2. The first-order chi connectivity index (χ1) is 13.0. The average Bonchev–Trinajstić information content (AvgIpc) is 3.08. The average molecular weight is 385 g/mol. The fraction of sp³-hybridized carbons (Fsp3) is 0.350. The summed E-state index contributed by atoms with van der Waals surface area (Å²) < 4.78 is 1.77. The molecule has 0 aliphatic carbocycles. The highest BCUT2D eigenvalue weighted by Gasteiger charge is 2.28. The number of para-hydroxylation sites is 1. The Morgan fingerprint density at radius 2 is 2.26 bits per heavy atom. The van der Waals surface area contributed by atoms with E-state index < -0.39 is 0 Å². The lowest BCUT2D eigenvalue weighted by atomic mass is 9.93. The zero-order valence-corrected chi connectivity index (χ0v) is 15.9. The second-order valence-electron chi connectivity index (χ2n) is 7.12. The van der Waals surface area contributed by atoms with Gasteiger partial charge in [-0.15, -0.1) is 0 Å². The van der Waals surface area contributed by atoms with E-state index in [1.165, 1.54) is 0 Å². The highest BCUT2D eigenvalue weighted by Crippen LogP contribution is 2.23. The Labute approximate surface area is 161 Å². The zero-order valence-electron chi connectivity index (χ0n) is 15.1. The van der Waals surface area contributed by atoms with E-state index in [2.05, 4.69) is 14.9 Å². The van der Waals surface area contributed by atoms with E-state index in [1.54, 1.807) is 41.2 Å². The third-order valence-corrected chi connectivity index (χ3v) is 5.50. The minimum atomic E-state index is -0.0735. The molecule has 0 unspecified atom stereocenters. The van der Waals surface area contributed by atoms with Gasteiger partial charge in [-0.3, -0.25) is 14.5 Å². The van der Waals surface area contributed by atoms with E-state index in [0.717, 1.165) is 25.1 Å². The maximum atomic E-state index is 12.8. The molecule has 1 atom stereocenters. The summed E-state index contributed by atoms with van der Waals surface area (Å²) in [5.74, 6) is 0.519. The number of ketones is 1. The van der Waals surface area contributed by atoms with Gasteiger partial charge in [0.2, 0.25) is 5.78 Å². The zero-order chi connectivity index (χ0) is 19.0. The van der Waals surface area contributed by atoms with Crippen molar-refractivity contribution in [3.05, 3.63) is 63.4 Å². The first kappa shape index (κ1) is 17.9. The van der Waals surface area contributed by atoms with Crippen LogP contribution in [0.25, 0.3) is 10.9 Å². The highest BCUT2D eigenvalue weighted by molar-refractivity contribution is 6.35. The van der Waals surface area contributed by atoms with Gasteiger partial charge in [-0.1, -0.05) is 17.7 Å². The minimum Gasteiger partial charge on any atom is -0.356 e. The predicted molar refractivity (Wildman–Crippen MR) is 105 cm³/mol. The highest BCUT2D eigenvalue weighted by atomic mass is 35.5. The van der Waals surface area contributed by atoms with Gasteiger partial charge in [0.05, 0.1) is 10.5 Å². The molecule has 1 aliphatic heterocycles. The molecule has 0 saturated carbocycles. The number of hydrogen-bond donors (Lipinski definition) is 1. The SMILES string of the molecule is Cn1ccnc1C(=O)[C@@H]1CCCN(Cc2cc(=O)c3cccc(Cl)c3[nH]2)C1. The number of nitrogens with one attached hydrogen (secondary N) is 1. The van der Waals surface area contributed by atoms with Crippen LogP contribution >= 0.6 is 11.6 Å². The van der Waals surface area contributed by atoms with Crippen molar-refractivity contribution < 1.29 is 4.79 Å². The number of aromatic nitrogens is 3. The Bertz CT molecular complexity index is 1060. The number of carbonyl (C=O) groups excluding carboxylic acids is 1. The summed E-state index contributed by atoms with van der Waals surface area (Å²) in [7, 11) is 1.84. The standard InChI is InChI=1S/C20H21ClN4O2/c1-24-9-7-22-20(24)19(27)13-4-3-8-25(11-13)12-14-10-17(26)15-5-2-6-16(21)18(15)23-14/h2,5-7,9-10,13H,3-4,8,11-12H2,1H3,(H,23,26)/t13-/m1/s1. The summed E-state index contributed by atoms with van der Waals surface area (Å²) in [6.45, 7) is 2.14. The summed E-state index contributed by atoms with van der Waals surface area (Å²) in [6, 6.07) is 6.94. The van der Waals surface area contributed by atoms with Crippen molar-refractivity contribution in [2.75, 3.05) is 13.1 Å². The second kappa shape index (κ2) is 7.29. The summed E-state index contributed by atoms with van der Waals surface area (Å²) in [5, 5.41) is 1.13. The lowest BCUT2D eigenvalue weighted by Crippen LogP contribution is -2.39. The molecule has 3 heterocycles. The molecule has 4 rings (SSSR count). The van der Waals surface area contributed by atoms with Gasteiger partial charge in [0.15, 0.2) is 11.3 Å². The van der Waals surface area contributed by atoms with Crippen LogP contribution in [0.2, 0.25) is 5.02 Å². The van der Waals surface area contributed by atoms with E-state index in [9.17, 15) is 9.59 Å². The van der Waals surface area contributed by atoms with Crippen molar-refractivity contribution in [2.45, 2.75) is 19.4 Å². The van der Waals surface area contributed by atoms with Crippen LogP contribution in [0.3, 0.4) is 0 Å². The molecule has 1 aromatic carbocycles. The van der Waals surface area contributed by atoms with Crippen molar-refractivity contribution in [3.8, 4) is 0 Å². The molecule has 1 aliphatic rings. The van der Waals surface area contributed by atoms with E-state index in [-0.39, 0.29) is 17.1 Å². The number of nitrogens with zero attached hydrogens (tertiary/aromatic N) is 3. The fourth-order valence-corrected chi connectivity index (χ4v) is 4.04. The number of rotatable bonds is 4. The summed E-state index contributed by atoms with van der Waals surface area (Å²) >= 11 is 6.24. The summed E-state index contributed by atoms with van der Waals surface area (Å²) in [6.07, 6.45) is 5.25. The second-order valence-corrected chi connectivity index (χ2v) is 7.53. The molecule has 7 heteroatoms. The van der Waals surface area contributed by atoms with E-state index in [4.69, 9.17) is 11.6 Å². The van der Waals surface area contributed by atoms with Gasteiger partial charge in [-0.05, 0) is 31.5 Å². The number of aromatic amines is 1. The van der Waals surface area contributed by atoms with Crippen LogP contribution in [-0.2, 0) is 13.6 Å². The van der Waals surface area contributed by atoms with E-state index >= 15 is 0 Å². The third-order valence-electron chi connectivity index (χ3n) is 5.18. The molecule has 0 spiro atoms. The molecule has 1 saturated heterocycles. The summed E-state index contributed by atoms with van der Waals surface area (Å²) in [5.41, 5.74) is 1.43. The van der Waals surface area contributed by atoms with Crippen LogP contribution < -0.4 is 5.43 Å². The van der Waals surface area contributed by atoms with Crippen molar-refractivity contribution in [1.29, 1.82) is 0 Å². The molecular weight excluding hydrogens is 364 g/mol. The van der Waals surface area contributed by atoms with Crippen LogP contribution in [0.15, 0.2) is 41.5 Å². The number of Topliss-reactive ketones (excluding diaryl/α,β-unsaturated/α-hetero) is 1. The number of pyridine rings is 1. The number of aryl methyl sites for hydroxylation is 1. The minimum absolute atomic E-state index is 0.0427. The number of hydrogen-bond acceptors (Lipinski definition) is 4. The molecule has 140 valence electrons. The van der Waals surface area contributed by atoms with Crippen LogP contribution in [0, 0.1) is 5.92 Å². The molecule has 0 radical (unpaired) electrons. The smallest absolute Gasteiger partial charge is 0.202 e. The molecule has 0 bridgehead atoms. The van der Waals surface area contributed by atoms with Crippen LogP contribution in [0.5, 0.6) is 0 Å². The van der Waals surface area contributed by atoms with Gasteiger partial charge < -0.3 is 9.55 Å². The first-order valence-corrected chi connectivity index (χ1v) is 9.45. The Kier molecular flexibility index (Phi) is 4.85. The first-order valence-electron chi connectivity index (χ1n) is 9.07. The van der Waals surface area contributed by atoms with Crippen molar-refractivity contribution >= 4 is 28.3 Å². The van der Waals surface area contributed by atoms with Gasteiger partial charge in [-0.25, -0.2) is 4.98 Å². The lowest BCUT2D eigenvalue weighted by Gasteiger charge is -2.31. The van der Waals surface area contributed by atoms with Crippen molar-refractivity contribution in [3.63, 3.8) is 0 Å². The van der Waals surface area contributed by atoms with Gasteiger partial charge in [0, 0.05) is 55.6 Å². The van der Waals surface area contributed by atoms with E-state index in [1.807, 2.05) is 7.05 Å². The molecule has 27 heavy (non-hydrogen) atoms. The molecule has 6 nitrogen and oxygen atoms in total. The number of piperidine rings is 1. The Morgan fingerprint density at radius 1 is 1.41 bits per heavy atom. The largest absolute Gasteiger partial charge is 0.356 e. The third kappa shape index (κ3) is 3.55. The number of imidazole rings is 1. The summed E-state index contributed by atoms with van der Waals surface area (Å²) in [4.78, 5) is 34.9. The number of H-pyrrole nitrogens is 1. The molecule has 0 amide bonds. The van der Waals surface area contributed by atoms with Gasteiger partial charge in [0.25, 0.3) is 0 Å². The molecule has 1 N–H and O–H groups in total. The number of likely N-dealkylation sites (tertiary alicyclic amines) is 1. The number of halogens is 1. The number of fused-ring (bicyclic) bond motifs is 1. The van der Waals surface area contributed by atoms with Crippen molar-refractivity contribution in [2.24, 2.45) is 13.0 Å². The number of benzene rings is 1. The monoisotopic (exact) mass is 384 g/mol. The van der Waals surface area contributed by atoms with Crippen LogP contribution in [0.1, 0.15) is 29.2 Å². The van der Waals surface area contributed by atoms with Gasteiger partial charge >= 0.3 is 0 Å². The van der Waals surface area contributed by atoms with Gasteiger partial charge in [-0.2, -0.15) is 0 Å². The lowest BCUT2D eigenvalue weighted by molar-refractivity contribution is 0.0796. The van der Waals surface area contributed by atoms with E-state index in [0.29, 0.717) is 34.8 Å². The predicted octanol–water partition coefficient (Wildman–Crippen LogP) is 3.01. The Morgan fingerprint density at radius 3 is 3.04 bits per heavy atom.